The van der Waals surface area contributed by atoms with Crippen LogP contribution in [0.1, 0.15) is 43.9 Å². The van der Waals surface area contributed by atoms with Gasteiger partial charge in [-0.05, 0) is 43.9 Å². The molecule has 3 heterocycles. The van der Waals surface area contributed by atoms with Crippen molar-refractivity contribution in [1.29, 1.82) is 0 Å². The maximum absolute atomic E-state index is 6.01. The fourth-order valence-corrected chi connectivity index (χ4v) is 4.09. The van der Waals surface area contributed by atoms with Crippen LogP contribution in [0.4, 0.5) is 0 Å². The van der Waals surface area contributed by atoms with E-state index in [1.807, 2.05) is 10.6 Å². The zero-order valence-corrected chi connectivity index (χ0v) is 13.4. The predicted molar refractivity (Wildman–Crippen MR) is 87.1 cm³/mol. The molecule has 2 N–H and O–H groups in total. The molecule has 7 nitrogen and oxygen atoms in total. The quantitative estimate of drug-likeness (QED) is 0.795. The van der Waals surface area contributed by atoms with Gasteiger partial charge >= 0.3 is 0 Å². The highest BCUT2D eigenvalue weighted by molar-refractivity contribution is 5.55. The van der Waals surface area contributed by atoms with Crippen molar-refractivity contribution in [3.05, 3.63) is 30.7 Å². The van der Waals surface area contributed by atoms with Gasteiger partial charge in [0.2, 0.25) is 11.7 Å². The molecule has 7 heteroatoms. The monoisotopic (exact) mass is 324 g/mol. The maximum atomic E-state index is 6.01. The molecule has 2 fully saturated rings. The number of nitrogens with two attached hydrogens (primary N) is 1. The number of imidazole rings is 1. The lowest BCUT2D eigenvalue weighted by molar-refractivity contribution is 0.284. The summed E-state index contributed by atoms with van der Waals surface area (Å²) in [7, 11) is 0. The molecular weight excluding hydrogens is 304 g/mol. The fourth-order valence-electron chi connectivity index (χ4n) is 4.09. The average molecular weight is 324 g/mol. The van der Waals surface area contributed by atoms with Gasteiger partial charge in [0.15, 0.2) is 5.65 Å². The van der Waals surface area contributed by atoms with Gasteiger partial charge < -0.3 is 10.3 Å². The molecule has 2 atom stereocenters. The highest BCUT2D eigenvalue weighted by atomic mass is 16.5. The first kappa shape index (κ1) is 14.1. The summed E-state index contributed by atoms with van der Waals surface area (Å²) < 4.78 is 7.49. The first-order chi connectivity index (χ1) is 11.8. The minimum atomic E-state index is 0.401. The molecule has 0 aliphatic heterocycles. The summed E-state index contributed by atoms with van der Waals surface area (Å²) in [4.78, 5) is 13.0. The standard InChI is InChI=1S/C17H20N6O/c18-11-3-1-10(2-4-11)12-7-13(12)17-21-16(22-24-17)14-8-20-15-9-19-5-6-23(14)15/h5-6,8-13H,1-4,7,18H2/t10?,11?,12-,13+/m0/s1. The molecule has 0 saturated heterocycles. The Labute approximate surface area is 139 Å². The van der Waals surface area contributed by atoms with E-state index in [1.54, 1.807) is 18.6 Å². The summed E-state index contributed by atoms with van der Waals surface area (Å²) >= 11 is 0. The fraction of sp³-hybridized carbons (Fsp3) is 0.529. The van der Waals surface area contributed by atoms with Gasteiger partial charge in [-0.15, -0.1) is 0 Å². The normalized spacial score (nSPS) is 29.9. The summed E-state index contributed by atoms with van der Waals surface area (Å²) in [5.74, 6) is 3.25. The van der Waals surface area contributed by atoms with Gasteiger partial charge in [0, 0.05) is 24.4 Å². The van der Waals surface area contributed by atoms with Gasteiger partial charge in [-0.1, -0.05) is 5.16 Å². The SMILES string of the molecule is NC1CCC([C@@H]2C[C@H]2c2nc(-c3cnc4cnccn34)no2)CC1. The zero-order chi connectivity index (χ0) is 16.1. The van der Waals surface area contributed by atoms with E-state index < -0.39 is 0 Å². The largest absolute Gasteiger partial charge is 0.339 e. The molecule has 0 spiro atoms. The van der Waals surface area contributed by atoms with Crippen LogP contribution in [-0.2, 0) is 0 Å². The molecule has 2 saturated carbocycles. The highest BCUT2D eigenvalue weighted by Gasteiger charge is 2.47. The van der Waals surface area contributed by atoms with E-state index in [0.717, 1.165) is 36.0 Å². The number of fused-ring (bicyclic) bond motifs is 1. The molecule has 3 aromatic rings. The molecule has 3 aromatic heterocycles. The van der Waals surface area contributed by atoms with Crippen LogP contribution in [-0.4, -0.2) is 30.6 Å². The molecule has 0 bridgehead atoms. The van der Waals surface area contributed by atoms with Crippen LogP contribution in [0, 0.1) is 11.8 Å². The summed E-state index contributed by atoms with van der Waals surface area (Å²) in [6, 6.07) is 0.401. The van der Waals surface area contributed by atoms with Gasteiger partial charge in [-0.2, -0.15) is 4.98 Å². The second kappa shape index (κ2) is 5.37. The molecule has 0 unspecified atom stereocenters. The Bertz CT molecular complexity index is 863. The maximum Gasteiger partial charge on any atom is 0.230 e. The van der Waals surface area contributed by atoms with Crippen molar-refractivity contribution in [2.75, 3.05) is 0 Å². The molecule has 0 amide bonds. The van der Waals surface area contributed by atoms with Crippen LogP contribution in [0.25, 0.3) is 17.2 Å². The number of hydrogen-bond donors (Lipinski definition) is 1. The van der Waals surface area contributed by atoms with E-state index >= 15 is 0 Å². The van der Waals surface area contributed by atoms with Crippen molar-refractivity contribution in [2.24, 2.45) is 17.6 Å². The Balaban J connectivity index is 1.35. The first-order valence-electron chi connectivity index (χ1n) is 8.66. The number of rotatable bonds is 3. The topological polar surface area (TPSA) is 95.1 Å². The Kier molecular flexibility index (Phi) is 3.16. The van der Waals surface area contributed by atoms with Gasteiger partial charge in [0.1, 0.15) is 5.69 Å². The van der Waals surface area contributed by atoms with E-state index in [-0.39, 0.29) is 0 Å². The van der Waals surface area contributed by atoms with Crippen LogP contribution in [0.15, 0.2) is 29.3 Å². The molecule has 124 valence electrons. The van der Waals surface area contributed by atoms with Crippen LogP contribution >= 0.6 is 0 Å². The Morgan fingerprint density at radius 2 is 2.04 bits per heavy atom. The third kappa shape index (κ3) is 2.31. The summed E-state index contributed by atoms with van der Waals surface area (Å²) in [6.45, 7) is 0. The van der Waals surface area contributed by atoms with Crippen LogP contribution in [0.2, 0.25) is 0 Å². The van der Waals surface area contributed by atoms with Gasteiger partial charge in [0.25, 0.3) is 0 Å². The average Bonchev–Trinajstić information content (AvgIpc) is 3.06. The van der Waals surface area contributed by atoms with Crippen molar-refractivity contribution in [2.45, 2.75) is 44.1 Å². The molecular formula is C17H20N6O. The lowest BCUT2D eigenvalue weighted by Gasteiger charge is -2.26. The van der Waals surface area contributed by atoms with Gasteiger partial charge in [-0.25, -0.2) is 4.98 Å². The second-order valence-electron chi connectivity index (χ2n) is 7.09. The van der Waals surface area contributed by atoms with E-state index in [0.29, 0.717) is 23.7 Å². The van der Waals surface area contributed by atoms with Gasteiger partial charge in [-0.3, -0.25) is 9.38 Å². The van der Waals surface area contributed by atoms with Gasteiger partial charge in [0.05, 0.1) is 12.4 Å². The molecule has 2 aliphatic carbocycles. The Morgan fingerprint density at radius 1 is 1.17 bits per heavy atom. The lowest BCUT2D eigenvalue weighted by atomic mass is 9.83. The van der Waals surface area contributed by atoms with Crippen LogP contribution < -0.4 is 5.73 Å². The summed E-state index contributed by atoms with van der Waals surface area (Å²) in [5.41, 5.74) is 7.63. The van der Waals surface area contributed by atoms with E-state index in [1.165, 1.54) is 19.3 Å². The molecule has 0 radical (unpaired) electrons. The minimum absolute atomic E-state index is 0.401. The van der Waals surface area contributed by atoms with Crippen LogP contribution in [0.5, 0.6) is 0 Å². The Hall–Kier alpha value is -2.28. The third-order valence-corrected chi connectivity index (χ3v) is 5.57. The summed E-state index contributed by atoms with van der Waals surface area (Å²) in [6.07, 6.45) is 13.0. The molecule has 5 rings (SSSR count). The van der Waals surface area contributed by atoms with Crippen molar-refractivity contribution < 1.29 is 4.52 Å². The smallest absolute Gasteiger partial charge is 0.230 e. The van der Waals surface area contributed by atoms with E-state index in [4.69, 9.17) is 10.3 Å². The third-order valence-electron chi connectivity index (χ3n) is 5.57. The van der Waals surface area contributed by atoms with Crippen molar-refractivity contribution in [1.82, 2.24) is 24.5 Å². The number of aromatic nitrogens is 5. The highest BCUT2D eigenvalue weighted by Crippen LogP contribution is 2.54. The lowest BCUT2D eigenvalue weighted by Crippen LogP contribution is -2.27. The first-order valence-corrected chi connectivity index (χ1v) is 8.66. The Morgan fingerprint density at radius 3 is 2.92 bits per heavy atom. The van der Waals surface area contributed by atoms with Crippen LogP contribution in [0.3, 0.4) is 0 Å². The number of hydrogen-bond acceptors (Lipinski definition) is 6. The van der Waals surface area contributed by atoms with Crippen molar-refractivity contribution >= 4 is 5.65 Å². The molecule has 24 heavy (non-hydrogen) atoms. The molecule has 0 aromatic carbocycles. The second-order valence-corrected chi connectivity index (χ2v) is 7.09. The van der Waals surface area contributed by atoms with Crippen molar-refractivity contribution in [3.8, 4) is 11.5 Å². The minimum Gasteiger partial charge on any atom is -0.339 e. The predicted octanol–water partition coefficient (Wildman–Crippen LogP) is 2.40. The zero-order valence-electron chi connectivity index (χ0n) is 13.4. The van der Waals surface area contributed by atoms with E-state index in [9.17, 15) is 0 Å². The summed E-state index contributed by atoms with van der Waals surface area (Å²) in [5, 5.41) is 4.17. The van der Waals surface area contributed by atoms with E-state index in [2.05, 4.69) is 20.1 Å². The number of nitrogens with zero attached hydrogens (tertiary/aromatic N) is 5. The molecule has 2 aliphatic rings. The van der Waals surface area contributed by atoms with Crippen molar-refractivity contribution in [3.63, 3.8) is 0 Å².